The van der Waals surface area contributed by atoms with Crippen LogP contribution in [0.2, 0.25) is 0 Å². The van der Waals surface area contributed by atoms with Gasteiger partial charge in [-0.05, 0) is 18.8 Å². The Morgan fingerprint density at radius 3 is 2.74 bits per heavy atom. The minimum absolute atomic E-state index is 0.258. The van der Waals surface area contributed by atoms with Gasteiger partial charge in [-0.3, -0.25) is 16.0 Å². The lowest BCUT2D eigenvalue weighted by Crippen LogP contribution is -2.29. The summed E-state index contributed by atoms with van der Waals surface area (Å²) < 4.78 is 2.02. The summed E-state index contributed by atoms with van der Waals surface area (Å²) in [6, 6.07) is 0.258. The van der Waals surface area contributed by atoms with Crippen LogP contribution in [-0.4, -0.2) is 9.78 Å². The van der Waals surface area contributed by atoms with Gasteiger partial charge in [0.05, 0.1) is 6.20 Å². The Kier molecular flexibility index (Phi) is 5.86. The molecule has 0 saturated heterocycles. The molecule has 19 heavy (non-hydrogen) atoms. The highest BCUT2D eigenvalue weighted by atomic mass is 15.3. The van der Waals surface area contributed by atoms with Crippen LogP contribution in [0.5, 0.6) is 0 Å². The van der Waals surface area contributed by atoms with Crippen LogP contribution in [-0.2, 0) is 6.54 Å². The van der Waals surface area contributed by atoms with E-state index in [1.165, 1.54) is 44.1 Å². The third-order valence-corrected chi connectivity index (χ3v) is 4.25. The third-order valence-electron chi connectivity index (χ3n) is 4.25. The van der Waals surface area contributed by atoms with Crippen LogP contribution in [0.15, 0.2) is 12.4 Å². The Morgan fingerprint density at radius 1 is 1.37 bits per heavy atom. The molecular weight excluding hydrogens is 236 g/mol. The molecule has 1 fully saturated rings. The molecule has 2 rings (SSSR count). The van der Waals surface area contributed by atoms with Crippen molar-refractivity contribution in [2.75, 3.05) is 0 Å². The molecule has 0 bridgehead atoms. The number of hydrogen-bond acceptors (Lipinski definition) is 3. The monoisotopic (exact) mass is 264 g/mol. The Balaban J connectivity index is 1.93. The van der Waals surface area contributed by atoms with Gasteiger partial charge in [0, 0.05) is 24.3 Å². The van der Waals surface area contributed by atoms with Crippen molar-refractivity contribution in [2.24, 2.45) is 11.8 Å². The fourth-order valence-corrected chi connectivity index (χ4v) is 3.14. The van der Waals surface area contributed by atoms with Crippen LogP contribution in [0.1, 0.15) is 69.9 Å². The molecule has 1 atom stereocenters. The van der Waals surface area contributed by atoms with Crippen LogP contribution >= 0.6 is 0 Å². The van der Waals surface area contributed by atoms with Crippen molar-refractivity contribution in [3.63, 3.8) is 0 Å². The fourth-order valence-electron chi connectivity index (χ4n) is 3.14. The number of nitrogens with one attached hydrogen (secondary N) is 1. The second-order valence-corrected chi connectivity index (χ2v) is 5.85. The average Bonchev–Trinajstić information content (AvgIpc) is 2.73. The highest BCUT2D eigenvalue weighted by molar-refractivity contribution is 5.10. The number of nitrogens with two attached hydrogens (primary N) is 1. The van der Waals surface area contributed by atoms with Crippen LogP contribution < -0.4 is 11.3 Å². The van der Waals surface area contributed by atoms with Gasteiger partial charge in [0.15, 0.2) is 0 Å². The maximum atomic E-state index is 5.76. The van der Waals surface area contributed by atoms with Crippen LogP contribution in [0, 0.1) is 5.92 Å². The van der Waals surface area contributed by atoms with Crippen molar-refractivity contribution in [1.82, 2.24) is 15.2 Å². The molecule has 0 amide bonds. The standard InChI is InChI=1S/C15H28N4/c1-2-9-19-12-14(11-17-19)15(18-16)10-13-7-5-3-4-6-8-13/h11-13,15,18H,2-10,16H2,1H3. The zero-order valence-corrected chi connectivity index (χ0v) is 12.1. The first kappa shape index (κ1) is 14.5. The molecule has 3 N–H and O–H groups in total. The third kappa shape index (κ3) is 4.32. The lowest BCUT2D eigenvalue weighted by Gasteiger charge is -2.21. The zero-order valence-electron chi connectivity index (χ0n) is 12.1. The van der Waals surface area contributed by atoms with Crippen molar-refractivity contribution in [2.45, 2.75) is 70.9 Å². The molecule has 1 heterocycles. The Bertz CT molecular complexity index is 353. The quantitative estimate of drug-likeness (QED) is 0.471. The molecule has 4 nitrogen and oxygen atoms in total. The first-order chi connectivity index (χ1) is 9.33. The van der Waals surface area contributed by atoms with E-state index in [0.717, 1.165) is 25.3 Å². The van der Waals surface area contributed by atoms with E-state index in [2.05, 4.69) is 23.6 Å². The van der Waals surface area contributed by atoms with Crippen LogP contribution in [0.25, 0.3) is 0 Å². The van der Waals surface area contributed by atoms with Crippen molar-refractivity contribution in [3.05, 3.63) is 18.0 Å². The molecular formula is C15H28N4. The summed E-state index contributed by atoms with van der Waals surface area (Å²) in [5.41, 5.74) is 4.22. The van der Waals surface area contributed by atoms with Gasteiger partial charge in [0.2, 0.25) is 0 Å². The van der Waals surface area contributed by atoms with Gasteiger partial charge in [-0.2, -0.15) is 5.10 Å². The van der Waals surface area contributed by atoms with Crippen molar-refractivity contribution < 1.29 is 0 Å². The molecule has 1 aromatic heterocycles. The number of hydrogen-bond donors (Lipinski definition) is 2. The first-order valence-electron chi connectivity index (χ1n) is 7.82. The SMILES string of the molecule is CCCn1cc(C(CC2CCCCCC2)NN)cn1. The molecule has 0 spiro atoms. The smallest absolute Gasteiger partial charge is 0.0538 e. The van der Waals surface area contributed by atoms with E-state index >= 15 is 0 Å². The van der Waals surface area contributed by atoms with Gasteiger partial charge in [-0.25, -0.2) is 0 Å². The molecule has 1 saturated carbocycles. The van der Waals surface area contributed by atoms with E-state index < -0.39 is 0 Å². The molecule has 0 radical (unpaired) electrons. The maximum Gasteiger partial charge on any atom is 0.0538 e. The van der Waals surface area contributed by atoms with Gasteiger partial charge in [-0.15, -0.1) is 0 Å². The molecule has 108 valence electrons. The van der Waals surface area contributed by atoms with E-state index in [1.54, 1.807) is 0 Å². The van der Waals surface area contributed by atoms with Crippen LogP contribution in [0.4, 0.5) is 0 Å². The summed E-state index contributed by atoms with van der Waals surface area (Å²) in [7, 11) is 0. The highest BCUT2D eigenvalue weighted by Crippen LogP contribution is 2.30. The lowest BCUT2D eigenvalue weighted by atomic mass is 9.91. The lowest BCUT2D eigenvalue weighted by molar-refractivity contribution is 0.359. The maximum absolute atomic E-state index is 5.76. The Labute approximate surface area is 116 Å². The van der Waals surface area contributed by atoms with Gasteiger partial charge < -0.3 is 0 Å². The van der Waals surface area contributed by atoms with E-state index in [4.69, 9.17) is 5.84 Å². The van der Waals surface area contributed by atoms with Crippen molar-refractivity contribution >= 4 is 0 Å². The van der Waals surface area contributed by atoms with Crippen molar-refractivity contribution in [1.29, 1.82) is 0 Å². The number of hydrazine groups is 1. The van der Waals surface area contributed by atoms with E-state index in [0.29, 0.717) is 0 Å². The number of aryl methyl sites for hydroxylation is 1. The summed E-state index contributed by atoms with van der Waals surface area (Å²) in [6.45, 7) is 3.16. The summed E-state index contributed by atoms with van der Waals surface area (Å²) in [6.07, 6.45) is 14.7. The minimum atomic E-state index is 0.258. The van der Waals surface area contributed by atoms with Gasteiger partial charge in [0.25, 0.3) is 0 Å². The number of nitrogens with zero attached hydrogens (tertiary/aromatic N) is 2. The highest BCUT2D eigenvalue weighted by Gasteiger charge is 2.19. The zero-order chi connectivity index (χ0) is 13.5. The van der Waals surface area contributed by atoms with E-state index in [1.807, 2.05) is 10.9 Å². The predicted molar refractivity (Wildman–Crippen MR) is 78.4 cm³/mol. The second kappa shape index (κ2) is 7.65. The average molecular weight is 264 g/mol. The van der Waals surface area contributed by atoms with E-state index in [-0.39, 0.29) is 6.04 Å². The van der Waals surface area contributed by atoms with Crippen LogP contribution in [0.3, 0.4) is 0 Å². The van der Waals surface area contributed by atoms with Crippen molar-refractivity contribution in [3.8, 4) is 0 Å². The molecule has 1 unspecified atom stereocenters. The summed E-state index contributed by atoms with van der Waals surface area (Å²) >= 11 is 0. The fraction of sp³-hybridized carbons (Fsp3) is 0.800. The summed E-state index contributed by atoms with van der Waals surface area (Å²) in [5.74, 6) is 6.57. The molecule has 0 aromatic carbocycles. The summed E-state index contributed by atoms with van der Waals surface area (Å²) in [4.78, 5) is 0. The topological polar surface area (TPSA) is 55.9 Å². The molecule has 1 aliphatic rings. The first-order valence-corrected chi connectivity index (χ1v) is 7.82. The Morgan fingerprint density at radius 2 is 2.11 bits per heavy atom. The summed E-state index contributed by atoms with van der Waals surface area (Å²) in [5, 5.41) is 4.41. The minimum Gasteiger partial charge on any atom is -0.272 e. The van der Waals surface area contributed by atoms with E-state index in [9.17, 15) is 0 Å². The molecule has 0 aliphatic heterocycles. The molecule has 1 aromatic rings. The normalized spacial score (nSPS) is 19.3. The van der Waals surface area contributed by atoms with Gasteiger partial charge >= 0.3 is 0 Å². The van der Waals surface area contributed by atoms with Gasteiger partial charge in [-0.1, -0.05) is 45.4 Å². The largest absolute Gasteiger partial charge is 0.272 e. The number of aromatic nitrogens is 2. The second-order valence-electron chi connectivity index (χ2n) is 5.85. The molecule has 4 heteroatoms. The predicted octanol–water partition coefficient (Wildman–Crippen LogP) is 3.16. The molecule has 1 aliphatic carbocycles. The number of rotatable bonds is 6. The van der Waals surface area contributed by atoms with Gasteiger partial charge in [0.1, 0.15) is 0 Å². The Hall–Kier alpha value is -0.870.